The maximum absolute atomic E-state index is 11.5. The average Bonchev–Trinajstić information content (AvgIpc) is 2.83. The van der Waals surface area contributed by atoms with Crippen molar-refractivity contribution in [1.29, 1.82) is 0 Å². The van der Waals surface area contributed by atoms with Gasteiger partial charge in [-0.1, -0.05) is 6.07 Å². The van der Waals surface area contributed by atoms with E-state index in [4.69, 9.17) is 10.2 Å². The van der Waals surface area contributed by atoms with Crippen LogP contribution in [0.4, 0.5) is 11.7 Å². The molecule has 3 rings (SSSR count). The Morgan fingerprint density at radius 2 is 1.95 bits per heavy atom. The first-order valence-electron chi connectivity index (χ1n) is 6.30. The maximum Gasteiger partial charge on any atom is 0.298 e. The molecular weight excluding hydrogens is 280 g/mol. The van der Waals surface area contributed by atoms with Crippen molar-refractivity contribution in [1.82, 2.24) is 9.29 Å². The molecule has 1 aromatic heterocycles. The molecule has 0 radical (unpaired) electrons. The second kappa shape index (κ2) is 4.64. The number of nitrogen functional groups attached to an aromatic ring is 1. The molecule has 1 fully saturated rings. The summed E-state index contributed by atoms with van der Waals surface area (Å²) >= 11 is 0. The summed E-state index contributed by atoms with van der Waals surface area (Å²) in [5.74, 6) is 0. The summed E-state index contributed by atoms with van der Waals surface area (Å²) in [5.41, 5.74) is 7.72. The molecule has 0 bridgehead atoms. The minimum atomic E-state index is -3.13. The molecule has 1 saturated heterocycles. The first-order valence-corrected chi connectivity index (χ1v) is 8.15. The fraction of sp³-hybridized carbons (Fsp3) is 0.417. The van der Waals surface area contributed by atoms with Crippen LogP contribution < -0.4 is 10.6 Å². The van der Waals surface area contributed by atoms with E-state index in [1.807, 2.05) is 17.0 Å². The molecule has 1 aromatic carbocycles. The number of anilines is 2. The van der Waals surface area contributed by atoms with Gasteiger partial charge in [0.25, 0.3) is 6.01 Å². The highest BCUT2D eigenvalue weighted by Gasteiger charge is 2.26. The van der Waals surface area contributed by atoms with Crippen LogP contribution in [0.3, 0.4) is 0 Å². The lowest BCUT2D eigenvalue weighted by Gasteiger charge is -2.32. The zero-order valence-corrected chi connectivity index (χ0v) is 11.9. The van der Waals surface area contributed by atoms with E-state index in [9.17, 15) is 8.42 Å². The summed E-state index contributed by atoms with van der Waals surface area (Å²) in [4.78, 5) is 6.32. The van der Waals surface area contributed by atoms with Crippen molar-refractivity contribution in [3.8, 4) is 0 Å². The van der Waals surface area contributed by atoms with Gasteiger partial charge < -0.3 is 15.1 Å². The van der Waals surface area contributed by atoms with Gasteiger partial charge in [0, 0.05) is 26.2 Å². The standard InChI is InChI=1S/C12H16N4O3S/c1-20(17,18)16-7-5-15(6-8-16)12-14-11-9(13)3-2-4-10(11)19-12/h2-4H,5-8,13H2,1H3. The molecular formula is C12H16N4O3S. The lowest BCUT2D eigenvalue weighted by Crippen LogP contribution is -2.48. The first-order chi connectivity index (χ1) is 9.45. The zero-order chi connectivity index (χ0) is 14.3. The number of nitrogens with two attached hydrogens (primary N) is 1. The smallest absolute Gasteiger partial charge is 0.298 e. The van der Waals surface area contributed by atoms with Crippen LogP contribution in [0.5, 0.6) is 0 Å². The highest BCUT2D eigenvalue weighted by Crippen LogP contribution is 2.26. The number of para-hydroxylation sites is 1. The molecule has 8 heteroatoms. The Kier molecular flexibility index (Phi) is 3.06. The Hall–Kier alpha value is -1.80. The SMILES string of the molecule is CS(=O)(=O)N1CCN(c2nc3c(N)cccc3o2)CC1. The molecule has 2 aromatic rings. The largest absolute Gasteiger partial charge is 0.423 e. The summed E-state index contributed by atoms with van der Waals surface area (Å²) in [6.07, 6.45) is 1.22. The Balaban J connectivity index is 1.82. The van der Waals surface area contributed by atoms with Gasteiger partial charge in [-0.2, -0.15) is 9.29 Å². The van der Waals surface area contributed by atoms with E-state index in [2.05, 4.69) is 4.98 Å². The Morgan fingerprint density at radius 1 is 1.25 bits per heavy atom. The number of hydrogen-bond donors (Lipinski definition) is 1. The van der Waals surface area contributed by atoms with Gasteiger partial charge in [0.2, 0.25) is 10.0 Å². The third-order valence-electron chi connectivity index (χ3n) is 3.42. The second-order valence-corrected chi connectivity index (χ2v) is 6.82. The third kappa shape index (κ3) is 2.32. The summed E-state index contributed by atoms with van der Waals surface area (Å²) in [6, 6.07) is 5.89. The number of piperazine rings is 1. The fourth-order valence-electron chi connectivity index (χ4n) is 2.30. The molecule has 0 saturated carbocycles. The van der Waals surface area contributed by atoms with E-state index < -0.39 is 10.0 Å². The van der Waals surface area contributed by atoms with Gasteiger partial charge in [0.15, 0.2) is 5.58 Å². The molecule has 0 unspecified atom stereocenters. The molecule has 7 nitrogen and oxygen atoms in total. The molecule has 1 aliphatic heterocycles. The van der Waals surface area contributed by atoms with Crippen LogP contribution in [0, 0.1) is 0 Å². The normalized spacial score (nSPS) is 17.8. The van der Waals surface area contributed by atoms with Crippen LogP contribution in [-0.2, 0) is 10.0 Å². The van der Waals surface area contributed by atoms with E-state index in [1.54, 1.807) is 6.07 Å². The highest BCUT2D eigenvalue weighted by atomic mass is 32.2. The monoisotopic (exact) mass is 296 g/mol. The van der Waals surface area contributed by atoms with Gasteiger partial charge in [-0.15, -0.1) is 0 Å². The molecule has 0 amide bonds. The number of aromatic nitrogens is 1. The van der Waals surface area contributed by atoms with Gasteiger partial charge in [0.05, 0.1) is 11.9 Å². The molecule has 0 aliphatic carbocycles. The van der Waals surface area contributed by atoms with E-state index >= 15 is 0 Å². The quantitative estimate of drug-likeness (QED) is 0.811. The topological polar surface area (TPSA) is 92.7 Å². The van der Waals surface area contributed by atoms with Crippen LogP contribution in [0.1, 0.15) is 0 Å². The Labute approximate surface area is 117 Å². The molecule has 2 heterocycles. The molecule has 0 spiro atoms. The Morgan fingerprint density at radius 3 is 2.55 bits per heavy atom. The second-order valence-electron chi connectivity index (χ2n) is 4.84. The summed E-state index contributed by atoms with van der Waals surface area (Å²) in [6.45, 7) is 1.99. The van der Waals surface area contributed by atoms with Gasteiger partial charge in [0.1, 0.15) is 5.52 Å². The molecule has 1 aliphatic rings. The van der Waals surface area contributed by atoms with Crippen LogP contribution >= 0.6 is 0 Å². The Bertz CT molecular complexity index is 732. The number of rotatable bonds is 2. The van der Waals surface area contributed by atoms with Crippen molar-refractivity contribution in [2.45, 2.75) is 0 Å². The van der Waals surface area contributed by atoms with Crippen LogP contribution in [-0.4, -0.2) is 50.1 Å². The van der Waals surface area contributed by atoms with Gasteiger partial charge in [-0.3, -0.25) is 0 Å². The minimum Gasteiger partial charge on any atom is -0.423 e. The minimum absolute atomic E-state index is 0.438. The predicted octanol–water partition coefficient (Wildman–Crippen LogP) is 0.492. The van der Waals surface area contributed by atoms with Gasteiger partial charge >= 0.3 is 0 Å². The molecule has 20 heavy (non-hydrogen) atoms. The first kappa shape index (κ1) is 13.2. The average molecular weight is 296 g/mol. The number of fused-ring (bicyclic) bond motifs is 1. The van der Waals surface area contributed by atoms with E-state index in [-0.39, 0.29) is 0 Å². The molecule has 108 valence electrons. The number of sulfonamides is 1. The maximum atomic E-state index is 11.5. The highest BCUT2D eigenvalue weighted by molar-refractivity contribution is 7.88. The number of nitrogens with zero attached hydrogens (tertiary/aromatic N) is 3. The summed E-state index contributed by atoms with van der Waals surface area (Å²) in [5, 5.41) is 0. The van der Waals surface area contributed by atoms with E-state index in [1.165, 1.54) is 10.6 Å². The summed E-state index contributed by atoms with van der Waals surface area (Å²) < 4.78 is 30.1. The number of oxazole rings is 1. The van der Waals surface area contributed by atoms with Crippen LogP contribution in [0.15, 0.2) is 22.6 Å². The van der Waals surface area contributed by atoms with Crippen LogP contribution in [0.25, 0.3) is 11.1 Å². The summed E-state index contributed by atoms with van der Waals surface area (Å²) in [7, 11) is -3.13. The van der Waals surface area contributed by atoms with Crippen molar-refractivity contribution < 1.29 is 12.8 Å². The molecule has 2 N–H and O–H groups in total. The van der Waals surface area contributed by atoms with Crippen LogP contribution in [0.2, 0.25) is 0 Å². The third-order valence-corrected chi connectivity index (χ3v) is 4.72. The lowest BCUT2D eigenvalue weighted by molar-refractivity contribution is 0.376. The zero-order valence-electron chi connectivity index (χ0n) is 11.1. The van der Waals surface area contributed by atoms with E-state index in [0.29, 0.717) is 49.0 Å². The lowest BCUT2D eigenvalue weighted by atomic mass is 10.3. The van der Waals surface area contributed by atoms with Crippen molar-refractivity contribution in [3.05, 3.63) is 18.2 Å². The fourth-order valence-corrected chi connectivity index (χ4v) is 3.13. The van der Waals surface area contributed by atoms with Gasteiger partial charge in [-0.25, -0.2) is 8.42 Å². The van der Waals surface area contributed by atoms with Crippen molar-refractivity contribution in [2.75, 3.05) is 43.1 Å². The van der Waals surface area contributed by atoms with Gasteiger partial charge in [-0.05, 0) is 12.1 Å². The number of hydrogen-bond acceptors (Lipinski definition) is 6. The van der Waals surface area contributed by atoms with Crippen molar-refractivity contribution in [3.63, 3.8) is 0 Å². The van der Waals surface area contributed by atoms with E-state index in [0.717, 1.165) is 0 Å². The van der Waals surface area contributed by atoms with Crippen molar-refractivity contribution >= 4 is 32.8 Å². The number of benzene rings is 1. The molecule has 0 atom stereocenters. The van der Waals surface area contributed by atoms with Crippen molar-refractivity contribution in [2.24, 2.45) is 0 Å². The predicted molar refractivity (Wildman–Crippen MR) is 77.1 cm³/mol.